The minimum atomic E-state index is -4.76. The van der Waals surface area contributed by atoms with Crippen molar-refractivity contribution in [3.63, 3.8) is 0 Å². The molecule has 21 heavy (non-hydrogen) atoms. The Kier molecular flexibility index (Phi) is 4.21. The van der Waals surface area contributed by atoms with E-state index in [1.165, 1.54) is 30.3 Å². The number of benzene rings is 2. The molecule has 7 heteroatoms. The van der Waals surface area contributed by atoms with Gasteiger partial charge in [0.1, 0.15) is 17.3 Å². The summed E-state index contributed by atoms with van der Waals surface area (Å²) in [5.41, 5.74) is 0.829. The summed E-state index contributed by atoms with van der Waals surface area (Å²) in [6, 6.07) is 8.81. The highest BCUT2D eigenvalue weighted by Gasteiger charge is 2.31. The van der Waals surface area contributed by atoms with E-state index in [9.17, 15) is 22.7 Å². The molecule has 0 aliphatic heterocycles. The highest BCUT2D eigenvalue weighted by atomic mass is 19.4. The van der Waals surface area contributed by atoms with Gasteiger partial charge in [-0.1, -0.05) is 6.07 Å². The second kappa shape index (κ2) is 5.90. The number of phenols is 1. The van der Waals surface area contributed by atoms with Crippen LogP contribution >= 0.6 is 0 Å². The van der Waals surface area contributed by atoms with E-state index in [1.54, 1.807) is 6.07 Å². The zero-order chi connectivity index (χ0) is 15.5. The predicted molar refractivity (Wildman–Crippen MR) is 68.5 cm³/mol. The van der Waals surface area contributed by atoms with Gasteiger partial charge in [0.2, 0.25) is 0 Å². The van der Waals surface area contributed by atoms with Crippen molar-refractivity contribution in [1.82, 2.24) is 0 Å². The van der Waals surface area contributed by atoms with Crippen LogP contribution in [0.1, 0.15) is 5.56 Å². The van der Waals surface area contributed by atoms with Crippen molar-refractivity contribution >= 4 is 5.69 Å². The number of aromatic hydroxyl groups is 1. The fourth-order valence-corrected chi connectivity index (χ4v) is 1.74. The number of alkyl halides is 3. The molecule has 0 bridgehead atoms. The van der Waals surface area contributed by atoms with Crippen LogP contribution in [0.4, 0.5) is 23.2 Å². The van der Waals surface area contributed by atoms with Crippen molar-refractivity contribution in [3.05, 3.63) is 53.8 Å². The first-order valence-corrected chi connectivity index (χ1v) is 5.90. The topological polar surface area (TPSA) is 41.5 Å². The normalized spacial score (nSPS) is 11.2. The molecule has 0 unspecified atom stereocenters. The van der Waals surface area contributed by atoms with Crippen molar-refractivity contribution in [1.29, 1.82) is 0 Å². The van der Waals surface area contributed by atoms with E-state index in [2.05, 4.69) is 10.1 Å². The van der Waals surface area contributed by atoms with Crippen molar-refractivity contribution in [3.8, 4) is 11.5 Å². The highest BCUT2D eigenvalue weighted by Crippen LogP contribution is 2.25. The first-order chi connectivity index (χ1) is 9.82. The summed E-state index contributed by atoms with van der Waals surface area (Å²) in [5.74, 6) is -1.17. The Morgan fingerprint density at radius 2 is 1.86 bits per heavy atom. The van der Waals surface area contributed by atoms with Crippen LogP contribution in [0.15, 0.2) is 42.5 Å². The molecule has 2 rings (SSSR count). The summed E-state index contributed by atoms with van der Waals surface area (Å²) >= 11 is 0. The minimum absolute atomic E-state index is 0.140. The van der Waals surface area contributed by atoms with Crippen LogP contribution in [-0.2, 0) is 6.54 Å². The van der Waals surface area contributed by atoms with Crippen LogP contribution in [0.5, 0.6) is 11.5 Å². The first kappa shape index (κ1) is 15.0. The van der Waals surface area contributed by atoms with Gasteiger partial charge in [0, 0.05) is 24.4 Å². The van der Waals surface area contributed by atoms with E-state index in [-0.39, 0.29) is 18.0 Å². The van der Waals surface area contributed by atoms with Crippen molar-refractivity contribution in [2.45, 2.75) is 12.9 Å². The highest BCUT2D eigenvalue weighted by molar-refractivity contribution is 5.48. The largest absolute Gasteiger partial charge is 0.573 e. The molecule has 0 spiro atoms. The summed E-state index contributed by atoms with van der Waals surface area (Å²) in [6.07, 6.45) is -4.76. The lowest BCUT2D eigenvalue weighted by molar-refractivity contribution is -0.274. The molecule has 2 N–H and O–H groups in total. The maximum atomic E-state index is 13.1. The van der Waals surface area contributed by atoms with Gasteiger partial charge in [-0.05, 0) is 29.8 Å². The van der Waals surface area contributed by atoms with E-state index >= 15 is 0 Å². The molecule has 0 fully saturated rings. The van der Waals surface area contributed by atoms with Crippen LogP contribution < -0.4 is 10.1 Å². The van der Waals surface area contributed by atoms with Crippen LogP contribution in [0, 0.1) is 5.82 Å². The molecule has 0 amide bonds. The molecule has 3 nitrogen and oxygen atoms in total. The fraction of sp³-hybridized carbons (Fsp3) is 0.143. The Labute approximate surface area is 117 Å². The summed E-state index contributed by atoms with van der Waals surface area (Å²) in [4.78, 5) is 0. The third kappa shape index (κ3) is 4.87. The number of ether oxygens (including phenoxy) is 1. The zero-order valence-electron chi connectivity index (χ0n) is 10.6. The van der Waals surface area contributed by atoms with Crippen molar-refractivity contribution < 1.29 is 27.4 Å². The smallest absolute Gasteiger partial charge is 0.508 e. The fourth-order valence-electron chi connectivity index (χ4n) is 1.74. The van der Waals surface area contributed by atoms with Crippen molar-refractivity contribution in [2.24, 2.45) is 0 Å². The van der Waals surface area contributed by atoms with Gasteiger partial charge in [0.25, 0.3) is 0 Å². The van der Waals surface area contributed by atoms with Gasteiger partial charge < -0.3 is 15.2 Å². The van der Waals surface area contributed by atoms with E-state index in [1.807, 2.05) is 0 Å². The lowest BCUT2D eigenvalue weighted by atomic mass is 10.2. The van der Waals surface area contributed by atoms with E-state index in [0.717, 1.165) is 6.07 Å². The molecule has 2 aromatic rings. The maximum Gasteiger partial charge on any atom is 0.573 e. The number of phenolic OH excluding ortho intramolecular Hbond substituents is 1. The average molecular weight is 301 g/mol. The number of anilines is 1. The van der Waals surface area contributed by atoms with Gasteiger partial charge in [0.15, 0.2) is 0 Å². The molecule has 2 aromatic carbocycles. The van der Waals surface area contributed by atoms with Gasteiger partial charge in [-0.25, -0.2) is 4.39 Å². The lowest BCUT2D eigenvalue weighted by Gasteiger charge is -2.11. The minimum Gasteiger partial charge on any atom is -0.508 e. The van der Waals surface area contributed by atoms with Gasteiger partial charge in [-0.3, -0.25) is 0 Å². The van der Waals surface area contributed by atoms with E-state index in [4.69, 9.17) is 0 Å². The third-order valence-corrected chi connectivity index (χ3v) is 2.51. The van der Waals surface area contributed by atoms with Crippen LogP contribution in [-0.4, -0.2) is 11.5 Å². The molecular formula is C14H11F4NO2. The molecule has 0 saturated heterocycles. The second-order valence-corrected chi connectivity index (χ2v) is 4.25. The zero-order valence-corrected chi connectivity index (χ0v) is 10.6. The van der Waals surface area contributed by atoms with Gasteiger partial charge >= 0.3 is 6.36 Å². The Morgan fingerprint density at radius 1 is 1.10 bits per heavy atom. The van der Waals surface area contributed by atoms with Crippen molar-refractivity contribution in [2.75, 3.05) is 5.32 Å². The molecule has 0 aliphatic carbocycles. The molecule has 0 saturated carbocycles. The van der Waals surface area contributed by atoms with Gasteiger partial charge in [0.05, 0.1) is 0 Å². The summed E-state index contributed by atoms with van der Waals surface area (Å²) in [5, 5.41) is 12.1. The number of hydrogen-bond acceptors (Lipinski definition) is 3. The third-order valence-electron chi connectivity index (χ3n) is 2.51. The van der Waals surface area contributed by atoms with Gasteiger partial charge in [-0.15, -0.1) is 13.2 Å². The molecule has 112 valence electrons. The SMILES string of the molecule is Oc1cc(F)cc(CNc2cccc(OC(F)(F)F)c2)c1. The Morgan fingerprint density at radius 3 is 2.52 bits per heavy atom. The summed E-state index contributed by atoms with van der Waals surface area (Å²) in [7, 11) is 0. The first-order valence-electron chi connectivity index (χ1n) is 5.90. The molecule has 0 heterocycles. The molecule has 0 radical (unpaired) electrons. The Hall–Kier alpha value is -2.44. The quantitative estimate of drug-likeness (QED) is 0.837. The average Bonchev–Trinajstić information content (AvgIpc) is 2.33. The Balaban J connectivity index is 2.04. The lowest BCUT2D eigenvalue weighted by Crippen LogP contribution is -2.17. The standard InChI is InChI=1S/C14H11F4NO2/c15-10-4-9(5-12(20)6-10)8-19-11-2-1-3-13(7-11)21-14(16,17)18/h1-7,19-20H,8H2. The van der Waals surface area contributed by atoms with Crippen LogP contribution in [0.2, 0.25) is 0 Å². The number of hydrogen-bond donors (Lipinski definition) is 2. The Bertz CT molecular complexity index is 608. The van der Waals surface area contributed by atoms with E-state index in [0.29, 0.717) is 11.3 Å². The summed E-state index contributed by atoms with van der Waals surface area (Å²) in [6.45, 7) is 0.140. The molecule has 0 aromatic heterocycles. The number of nitrogens with one attached hydrogen (secondary N) is 1. The van der Waals surface area contributed by atoms with E-state index < -0.39 is 12.2 Å². The maximum absolute atomic E-state index is 13.1. The predicted octanol–water partition coefficient (Wildman–Crippen LogP) is 4.04. The van der Waals surface area contributed by atoms with Crippen LogP contribution in [0.25, 0.3) is 0 Å². The molecule has 0 atom stereocenters. The van der Waals surface area contributed by atoms with Gasteiger partial charge in [-0.2, -0.15) is 0 Å². The number of rotatable bonds is 4. The summed E-state index contributed by atoms with van der Waals surface area (Å²) < 4.78 is 53.2. The number of halogens is 4. The second-order valence-electron chi connectivity index (χ2n) is 4.25. The molecule has 0 aliphatic rings. The van der Waals surface area contributed by atoms with Crippen LogP contribution in [0.3, 0.4) is 0 Å². The monoisotopic (exact) mass is 301 g/mol. The molecular weight excluding hydrogens is 290 g/mol.